The standard InChI is InChI=1S/C16H16N2O3S/c1-12-15(10-17-21-12)16(19)18(11-13-4-2-8-20-13)7-6-14-5-3-9-22-14/h2-5,8-10H,6-7,11H2,1H3. The van der Waals surface area contributed by atoms with Crippen molar-refractivity contribution in [1.82, 2.24) is 10.1 Å². The number of hydrogen-bond donors (Lipinski definition) is 0. The minimum Gasteiger partial charge on any atom is -0.467 e. The second-order valence-electron chi connectivity index (χ2n) is 4.93. The summed E-state index contributed by atoms with van der Waals surface area (Å²) in [7, 11) is 0. The molecule has 22 heavy (non-hydrogen) atoms. The third-order valence-electron chi connectivity index (χ3n) is 3.40. The fourth-order valence-electron chi connectivity index (χ4n) is 2.22. The van der Waals surface area contributed by atoms with Crippen LogP contribution in [-0.2, 0) is 13.0 Å². The number of carbonyl (C=O) groups excluding carboxylic acids is 1. The number of amides is 1. The van der Waals surface area contributed by atoms with Gasteiger partial charge < -0.3 is 13.8 Å². The van der Waals surface area contributed by atoms with Gasteiger partial charge in [0.05, 0.1) is 19.0 Å². The first-order valence-corrected chi connectivity index (χ1v) is 7.87. The van der Waals surface area contributed by atoms with Crippen LogP contribution in [0, 0.1) is 6.92 Å². The highest BCUT2D eigenvalue weighted by Gasteiger charge is 2.21. The van der Waals surface area contributed by atoms with Crippen molar-refractivity contribution >= 4 is 17.2 Å². The Bertz CT molecular complexity index is 717. The van der Waals surface area contributed by atoms with Gasteiger partial charge in [0.15, 0.2) is 0 Å². The molecular weight excluding hydrogens is 300 g/mol. The summed E-state index contributed by atoms with van der Waals surface area (Å²) >= 11 is 1.69. The molecule has 3 rings (SSSR count). The summed E-state index contributed by atoms with van der Waals surface area (Å²) < 4.78 is 10.4. The third-order valence-corrected chi connectivity index (χ3v) is 4.34. The van der Waals surface area contributed by atoms with Gasteiger partial charge in [0.25, 0.3) is 5.91 Å². The summed E-state index contributed by atoms with van der Waals surface area (Å²) in [5.74, 6) is 1.20. The highest BCUT2D eigenvalue weighted by atomic mass is 32.1. The van der Waals surface area contributed by atoms with E-state index in [1.165, 1.54) is 11.1 Å². The molecule has 0 N–H and O–H groups in total. The van der Waals surface area contributed by atoms with Gasteiger partial charge in [-0.25, -0.2) is 0 Å². The van der Waals surface area contributed by atoms with Gasteiger partial charge in [-0.2, -0.15) is 0 Å². The third kappa shape index (κ3) is 3.28. The number of furan rings is 1. The molecule has 0 aromatic carbocycles. The van der Waals surface area contributed by atoms with Gasteiger partial charge in [-0.05, 0) is 36.9 Å². The number of aromatic nitrogens is 1. The van der Waals surface area contributed by atoms with E-state index in [1.54, 1.807) is 29.4 Å². The molecule has 0 saturated heterocycles. The minimum absolute atomic E-state index is 0.0910. The number of rotatable bonds is 6. The molecule has 0 bridgehead atoms. The lowest BCUT2D eigenvalue weighted by molar-refractivity contribution is 0.0732. The fraction of sp³-hybridized carbons (Fsp3) is 0.250. The number of carbonyl (C=O) groups is 1. The van der Waals surface area contributed by atoms with Crippen LogP contribution in [0.2, 0.25) is 0 Å². The number of nitrogens with zero attached hydrogens (tertiary/aromatic N) is 2. The van der Waals surface area contributed by atoms with Crippen LogP contribution in [0.3, 0.4) is 0 Å². The van der Waals surface area contributed by atoms with E-state index in [9.17, 15) is 4.79 Å². The Morgan fingerprint density at radius 3 is 2.91 bits per heavy atom. The number of aryl methyl sites for hydroxylation is 1. The van der Waals surface area contributed by atoms with E-state index in [2.05, 4.69) is 11.2 Å². The molecule has 0 saturated carbocycles. The van der Waals surface area contributed by atoms with Gasteiger partial charge in [0.2, 0.25) is 0 Å². The van der Waals surface area contributed by atoms with E-state index < -0.39 is 0 Å². The predicted octanol–water partition coefficient (Wildman–Crippen LogP) is 3.52. The molecule has 3 aromatic rings. The van der Waals surface area contributed by atoms with E-state index in [1.807, 2.05) is 23.6 Å². The zero-order valence-electron chi connectivity index (χ0n) is 12.2. The second-order valence-corrected chi connectivity index (χ2v) is 5.96. The van der Waals surface area contributed by atoms with Gasteiger partial charge in [-0.15, -0.1) is 11.3 Å². The first-order valence-electron chi connectivity index (χ1n) is 6.99. The van der Waals surface area contributed by atoms with Crippen LogP contribution in [0.15, 0.2) is 51.0 Å². The maximum atomic E-state index is 12.7. The summed E-state index contributed by atoms with van der Waals surface area (Å²) in [6.07, 6.45) is 3.90. The molecule has 0 radical (unpaired) electrons. The quantitative estimate of drug-likeness (QED) is 0.698. The van der Waals surface area contributed by atoms with Crippen LogP contribution in [0.25, 0.3) is 0 Å². The summed E-state index contributed by atoms with van der Waals surface area (Å²) in [5.41, 5.74) is 0.498. The van der Waals surface area contributed by atoms with Crippen LogP contribution in [0.4, 0.5) is 0 Å². The smallest absolute Gasteiger partial charge is 0.259 e. The molecule has 0 aliphatic heterocycles. The average Bonchev–Trinajstić information content (AvgIpc) is 3.25. The predicted molar refractivity (Wildman–Crippen MR) is 82.7 cm³/mol. The van der Waals surface area contributed by atoms with Gasteiger partial charge >= 0.3 is 0 Å². The Morgan fingerprint density at radius 2 is 2.27 bits per heavy atom. The van der Waals surface area contributed by atoms with E-state index >= 15 is 0 Å². The Kier molecular flexibility index (Phi) is 4.39. The molecule has 3 aromatic heterocycles. The van der Waals surface area contributed by atoms with Gasteiger partial charge in [-0.1, -0.05) is 11.2 Å². The van der Waals surface area contributed by atoms with Crippen molar-refractivity contribution in [3.05, 3.63) is 64.1 Å². The molecule has 3 heterocycles. The highest BCUT2D eigenvalue weighted by Crippen LogP contribution is 2.16. The second kappa shape index (κ2) is 6.62. The molecule has 0 aliphatic carbocycles. The Labute approximate surface area is 132 Å². The molecule has 0 unspecified atom stereocenters. The molecule has 0 atom stereocenters. The van der Waals surface area contributed by atoms with Crippen LogP contribution >= 0.6 is 11.3 Å². The Morgan fingerprint density at radius 1 is 1.36 bits per heavy atom. The molecule has 0 fully saturated rings. The molecule has 114 valence electrons. The molecule has 0 spiro atoms. The highest BCUT2D eigenvalue weighted by molar-refractivity contribution is 7.09. The average molecular weight is 316 g/mol. The first-order chi connectivity index (χ1) is 10.7. The molecule has 5 nitrogen and oxygen atoms in total. The SMILES string of the molecule is Cc1oncc1C(=O)N(CCc1cccs1)Cc1ccco1. The van der Waals surface area contributed by atoms with Crippen molar-refractivity contribution in [3.63, 3.8) is 0 Å². The van der Waals surface area contributed by atoms with Crippen molar-refractivity contribution in [1.29, 1.82) is 0 Å². The van der Waals surface area contributed by atoms with Crippen LogP contribution in [0.5, 0.6) is 0 Å². The summed E-state index contributed by atoms with van der Waals surface area (Å²) in [6, 6.07) is 7.78. The van der Waals surface area contributed by atoms with Crippen LogP contribution in [-0.4, -0.2) is 22.5 Å². The van der Waals surface area contributed by atoms with Crippen molar-refractivity contribution in [2.24, 2.45) is 0 Å². The zero-order chi connectivity index (χ0) is 15.4. The number of hydrogen-bond acceptors (Lipinski definition) is 5. The summed E-state index contributed by atoms with van der Waals surface area (Å²) in [6.45, 7) is 2.79. The van der Waals surface area contributed by atoms with E-state index in [0.717, 1.165) is 12.2 Å². The van der Waals surface area contributed by atoms with Gasteiger partial charge in [-0.3, -0.25) is 4.79 Å². The fourth-order valence-corrected chi connectivity index (χ4v) is 2.92. The maximum Gasteiger partial charge on any atom is 0.259 e. The van der Waals surface area contributed by atoms with E-state index in [4.69, 9.17) is 8.94 Å². The monoisotopic (exact) mass is 316 g/mol. The van der Waals surface area contributed by atoms with Crippen molar-refractivity contribution in [2.45, 2.75) is 19.9 Å². The lowest BCUT2D eigenvalue weighted by atomic mass is 10.2. The van der Waals surface area contributed by atoms with Crippen LogP contribution in [0.1, 0.15) is 26.8 Å². The topological polar surface area (TPSA) is 59.5 Å². The Balaban J connectivity index is 1.75. The van der Waals surface area contributed by atoms with Crippen molar-refractivity contribution in [3.8, 4) is 0 Å². The minimum atomic E-state index is -0.0910. The lowest BCUT2D eigenvalue weighted by Gasteiger charge is -2.21. The maximum absolute atomic E-state index is 12.7. The largest absolute Gasteiger partial charge is 0.467 e. The lowest BCUT2D eigenvalue weighted by Crippen LogP contribution is -2.32. The molecule has 0 aliphatic rings. The van der Waals surface area contributed by atoms with Gasteiger partial charge in [0.1, 0.15) is 17.1 Å². The molecular formula is C16H16N2O3S. The van der Waals surface area contributed by atoms with Crippen molar-refractivity contribution in [2.75, 3.05) is 6.54 Å². The first kappa shape index (κ1) is 14.6. The van der Waals surface area contributed by atoms with Crippen LogP contribution < -0.4 is 0 Å². The number of thiophene rings is 1. The normalized spacial score (nSPS) is 10.8. The molecule has 6 heteroatoms. The molecule has 1 amide bonds. The van der Waals surface area contributed by atoms with E-state index in [0.29, 0.717) is 24.4 Å². The summed E-state index contributed by atoms with van der Waals surface area (Å²) in [4.78, 5) is 15.7. The van der Waals surface area contributed by atoms with Crippen molar-refractivity contribution < 1.29 is 13.7 Å². The summed E-state index contributed by atoms with van der Waals surface area (Å²) in [5, 5.41) is 5.73. The Hall–Kier alpha value is -2.34. The van der Waals surface area contributed by atoms with E-state index in [-0.39, 0.29) is 5.91 Å². The zero-order valence-corrected chi connectivity index (χ0v) is 13.0. The van der Waals surface area contributed by atoms with Gasteiger partial charge in [0, 0.05) is 11.4 Å².